The van der Waals surface area contributed by atoms with Gasteiger partial charge >= 0.3 is 0 Å². The first-order valence-corrected chi connectivity index (χ1v) is 11.4. The first-order chi connectivity index (χ1) is 13.5. The zero-order valence-electron chi connectivity index (χ0n) is 17.7. The van der Waals surface area contributed by atoms with Gasteiger partial charge < -0.3 is 4.74 Å². The maximum Gasteiger partial charge on any atom is 0.191 e. The lowest BCUT2D eigenvalue weighted by molar-refractivity contribution is -0.147. The van der Waals surface area contributed by atoms with Gasteiger partial charge in [0, 0.05) is 13.0 Å². The van der Waals surface area contributed by atoms with Crippen molar-refractivity contribution < 1.29 is 18.3 Å². The van der Waals surface area contributed by atoms with E-state index in [-0.39, 0.29) is 18.1 Å². The molecule has 0 heterocycles. The molecule has 0 spiro atoms. The van der Waals surface area contributed by atoms with Crippen LogP contribution in [0.5, 0.6) is 0 Å². The van der Waals surface area contributed by atoms with Gasteiger partial charge in [-0.25, -0.2) is 8.78 Å². The Bertz CT molecular complexity index is 535. The third kappa shape index (κ3) is 6.23. The molecule has 28 heavy (non-hydrogen) atoms. The Morgan fingerprint density at radius 3 is 2.39 bits per heavy atom. The van der Waals surface area contributed by atoms with E-state index < -0.39 is 17.6 Å². The number of hydrogen-bond donors (Lipinski definition) is 0. The monoisotopic (exact) mass is 396 g/mol. The minimum Gasteiger partial charge on any atom is -0.359 e. The average Bonchev–Trinajstić information content (AvgIpc) is 2.71. The average molecular weight is 397 g/mol. The number of hydrogen-bond acceptors (Lipinski definition) is 2. The van der Waals surface area contributed by atoms with Gasteiger partial charge in [0.15, 0.2) is 17.6 Å². The van der Waals surface area contributed by atoms with Gasteiger partial charge in [0.25, 0.3) is 0 Å². The first kappa shape index (κ1) is 23.3. The number of ether oxygens (including phenoxy) is 1. The predicted molar refractivity (Wildman–Crippen MR) is 111 cm³/mol. The molecule has 0 amide bonds. The number of ketones is 1. The van der Waals surface area contributed by atoms with Crippen LogP contribution in [0, 0.1) is 11.8 Å². The molecular formula is C24H38F2O2. The number of unbranched alkanes of at least 4 members (excludes halogenated alkanes) is 5. The number of allylic oxidation sites excluding steroid dienone is 2. The van der Waals surface area contributed by atoms with Gasteiger partial charge in [0.05, 0.1) is 0 Å². The molecule has 2 aliphatic rings. The summed E-state index contributed by atoms with van der Waals surface area (Å²) in [5.41, 5.74) is -1.77. The van der Waals surface area contributed by atoms with Crippen molar-refractivity contribution in [3.05, 3.63) is 24.1 Å². The highest BCUT2D eigenvalue weighted by atomic mass is 19.2. The smallest absolute Gasteiger partial charge is 0.191 e. The lowest BCUT2D eigenvalue weighted by atomic mass is 9.76. The summed E-state index contributed by atoms with van der Waals surface area (Å²) in [4.78, 5) is 13.1. The van der Waals surface area contributed by atoms with Gasteiger partial charge in [-0.05, 0) is 43.3 Å². The van der Waals surface area contributed by atoms with E-state index in [1.165, 1.54) is 37.8 Å². The molecule has 0 aromatic rings. The second-order valence-corrected chi connectivity index (χ2v) is 8.60. The summed E-state index contributed by atoms with van der Waals surface area (Å²) in [6, 6.07) is 0. The zero-order valence-corrected chi connectivity index (χ0v) is 17.7. The fourth-order valence-corrected chi connectivity index (χ4v) is 4.48. The molecule has 2 nitrogen and oxygen atoms in total. The quantitative estimate of drug-likeness (QED) is 0.331. The Balaban J connectivity index is 1.92. The van der Waals surface area contributed by atoms with Crippen molar-refractivity contribution in [2.24, 2.45) is 11.8 Å². The van der Waals surface area contributed by atoms with Crippen LogP contribution in [0.3, 0.4) is 0 Å². The van der Waals surface area contributed by atoms with E-state index in [1.807, 2.05) is 0 Å². The van der Waals surface area contributed by atoms with Crippen LogP contribution in [0.4, 0.5) is 8.78 Å². The Morgan fingerprint density at radius 2 is 1.71 bits per heavy atom. The molecule has 0 bridgehead atoms. The second kappa shape index (κ2) is 11.8. The molecule has 2 aliphatic carbocycles. The van der Waals surface area contributed by atoms with Crippen molar-refractivity contribution in [3.8, 4) is 0 Å². The molecular weight excluding hydrogens is 358 g/mol. The van der Waals surface area contributed by atoms with Crippen LogP contribution in [-0.4, -0.2) is 24.2 Å². The lowest BCUT2D eigenvalue weighted by Crippen LogP contribution is -2.50. The molecule has 0 radical (unpaired) electrons. The van der Waals surface area contributed by atoms with Gasteiger partial charge in [-0.1, -0.05) is 71.3 Å². The molecule has 0 N–H and O–H groups in total. The summed E-state index contributed by atoms with van der Waals surface area (Å²) in [7, 11) is 0. The van der Waals surface area contributed by atoms with Crippen LogP contribution >= 0.6 is 0 Å². The van der Waals surface area contributed by atoms with Crippen LogP contribution in [0.25, 0.3) is 0 Å². The first-order valence-electron chi connectivity index (χ1n) is 11.4. The molecule has 0 aromatic heterocycles. The van der Waals surface area contributed by atoms with Gasteiger partial charge in [-0.2, -0.15) is 0 Å². The van der Waals surface area contributed by atoms with Crippen LogP contribution in [0.15, 0.2) is 24.1 Å². The predicted octanol–water partition coefficient (Wildman–Crippen LogP) is 7.04. The summed E-state index contributed by atoms with van der Waals surface area (Å²) in [5, 5.41) is 0. The van der Waals surface area contributed by atoms with Gasteiger partial charge in [-0.3, -0.25) is 4.79 Å². The van der Waals surface area contributed by atoms with Gasteiger partial charge in [-0.15, -0.1) is 0 Å². The molecule has 0 aromatic carbocycles. The number of rotatable bonds is 12. The highest BCUT2D eigenvalue weighted by Crippen LogP contribution is 2.38. The minimum absolute atomic E-state index is 0.263. The van der Waals surface area contributed by atoms with E-state index in [4.69, 9.17) is 4.74 Å². The fourth-order valence-electron chi connectivity index (χ4n) is 4.48. The maximum absolute atomic E-state index is 14.9. The van der Waals surface area contributed by atoms with Crippen LogP contribution in [0.2, 0.25) is 0 Å². The van der Waals surface area contributed by atoms with Gasteiger partial charge in [0.2, 0.25) is 0 Å². The van der Waals surface area contributed by atoms with Crippen molar-refractivity contribution in [3.63, 3.8) is 0 Å². The largest absolute Gasteiger partial charge is 0.359 e. The van der Waals surface area contributed by atoms with Crippen molar-refractivity contribution in [1.29, 1.82) is 0 Å². The minimum atomic E-state index is -2.03. The summed E-state index contributed by atoms with van der Waals surface area (Å²) >= 11 is 0. The maximum atomic E-state index is 14.9. The summed E-state index contributed by atoms with van der Waals surface area (Å²) in [6.45, 7) is 4.67. The summed E-state index contributed by atoms with van der Waals surface area (Å²) in [6.07, 6.45) is 14.1. The number of alkyl halides is 1. The van der Waals surface area contributed by atoms with E-state index in [9.17, 15) is 13.6 Å². The topological polar surface area (TPSA) is 26.3 Å². The Morgan fingerprint density at radius 1 is 1.07 bits per heavy atom. The Hall–Kier alpha value is -1.03. The van der Waals surface area contributed by atoms with E-state index in [0.717, 1.165) is 56.9 Å². The van der Waals surface area contributed by atoms with Crippen LogP contribution in [0.1, 0.15) is 90.9 Å². The number of Topliss-reactive ketones (excluding diaryl/α,β-unsaturated/α-hetero) is 1. The molecule has 2 rings (SSSR count). The third-order valence-electron chi connectivity index (χ3n) is 6.51. The van der Waals surface area contributed by atoms with Crippen LogP contribution < -0.4 is 0 Å². The summed E-state index contributed by atoms with van der Waals surface area (Å²) in [5.74, 6) is -0.202. The van der Waals surface area contributed by atoms with Gasteiger partial charge in [0.1, 0.15) is 5.83 Å². The van der Waals surface area contributed by atoms with Crippen molar-refractivity contribution in [2.45, 2.75) is 103 Å². The molecule has 0 saturated heterocycles. The normalized spacial score (nSPS) is 30.3. The molecule has 4 heteroatoms. The number of carbonyl (C=O) groups is 1. The van der Waals surface area contributed by atoms with Crippen LogP contribution in [-0.2, 0) is 9.53 Å². The zero-order chi connectivity index (χ0) is 20.4. The highest BCUT2D eigenvalue weighted by Gasteiger charge is 2.49. The van der Waals surface area contributed by atoms with E-state index in [0.29, 0.717) is 6.61 Å². The highest BCUT2D eigenvalue weighted by molar-refractivity contribution is 5.91. The Kier molecular flexibility index (Phi) is 9.84. The molecule has 2 unspecified atom stereocenters. The lowest BCUT2D eigenvalue weighted by Gasteiger charge is -2.36. The standard InChI is InChI=1S/C24H38F2O2/c1-3-5-6-7-8-9-17-28-24(16-10-11-21(25)23(24)26)22(27)18-20-14-12-19(4-2)13-15-20/h10-11,16,19-20,23H,3-9,12-15,17-18H2,1-2H3. The molecule has 160 valence electrons. The molecule has 1 saturated carbocycles. The van der Waals surface area contributed by atoms with Crippen molar-refractivity contribution in [2.75, 3.05) is 6.61 Å². The molecule has 0 aliphatic heterocycles. The van der Waals surface area contributed by atoms with Crippen molar-refractivity contribution in [1.82, 2.24) is 0 Å². The SMILES string of the molecule is CCCCCCCCOC1(C(=O)CC2CCC(CC)CC2)C=CC=C(F)C1F. The number of halogens is 2. The third-order valence-corrected chi connectivity index (χ3v) is 6.51. The Labute approximate surface area is 169 Å². The number of carbonyl (C=O) groups excluding carboxylic acids is 1. The fraction of sp³-hybridized carbons (Fsp3) is 0.792. The summed E-state index contributed by atoms with van der Waals surface area (Å²) < 4.78 is 34.7. The molecule has 2 atom stereocenters. The molecule has 1 fully saturated rings. The van der Waals surface area contributed by atoms with E-state index in [1.54, 1.807) is 0 Å². The van der Waals surface area contributed by atoms with E-state index in [2.05, 4.69) is 13.8 Å². The second-order valence-electron chi connectivity index (χ2n) is 8.60. The van der Waals surface area contributed by atoms with E-state index >= 15 is 0 Å². The van der Waals surface area contributed by atoms with Crippen molar-refractivity contribution >= 4 is 5.78 Å².